The van der Waals surface area contributed by atoms with Crippen molar-refractivity contribution >= 4 is 0 Å². The van der Waals surface area contributed by atoms with Gasteiger partial charge in [0.05, 0.1) is 18.3 Å². The van der Waals surface area contributed by atoms with E-state index < -0.39 is 11.7 Å². The summed E-state index contributed by atoms with van der Waals surface area (Å²) in [7, 11) is 0. The van der Waals surface area contributed by atoms with Crippen LogP contribution in [0, 0.1) is 6.92 Å². The smallest absolute Gasteiger partial charge is 0.122 e. The zero-order valence-electron chi connectivity index (χ0n) is 11.0. The molecule has 0 aromatic heterocycles. The fourth-order valence-corrected chi connectivity index (χ4v) is 1.51. The summed E-state index contributed by atoms with van der Waals surface area (Å²) in [6.45, 7) is 7.70. The van der Waals surface area contributed by atoms with E-state index in [0.29, 0.717) is 13.0 Å². The van der Waals surface area contributed by atoms with Crippen LogP contribution >= 0.6 is 0 Å². The molecule has 1 unspecified atom stereocenters. The Morgan fingerprint density at radius 2 is 2.00 bits per heavy atom. The lowest BCUT2D eigenvalue weighted by Gasteiger charge is -2.18. The van der Waals surface area contributed by atoms with E-state index in [4.69, 9.17) is 4.74 Å². The first-order valence-electron chi connectivity index (χ1n) is 5.93. The van der Waals surface area contributed by atoms with E-state index in [9.17, 15) is 10.2 Å². The zero-order valence-corrected chi connectivity index (χ0v) is 11.0. The van der Waals surface area contributed by atoms with Gasteiger partial charge in [-0.25, -0.2) is 0 Å². The molecule has 1 rings (SSSR count). The Kier molecular flexibility index (Phi) is 4.54. The minimum Gasteiger partial charge on any atom is -0.493 e. The van der Waals surface area contributed by atoms with Crippen molar-refractivity contribution < 1.29 is 14.9 Å². The Morgan fingerprint density at radius 3 is 2.47 bits per heavy atom. The van der Waals surface area contributed by atoms with Crippen molar-refractivity contribution in [3.8, 4) is 5.75 Å². The average Bonchev–Trinajstić information content (AvgIpc) is 2.18. The second-order valence-corrected chi connectivity index (χ2v) is 5.11. The molecule has 0 saturated heterocycles. The maximum atomic E-state index is 9.57. The van der Waals surface area contributed by atoms with Crippen LogP contribution in [0.5, 0.6) is 5.75 Å². The van der Waals surface area contributed by atoms with Gasteiger partial charge in [0, 0.05) is 6.42 Å². The van der Waals surface area contributed by atoms with Crippen molar-refractivity contribution in [2.24, 2.45) is 0 Å². The number of hydrogen-bond donors (Lipinski definition) is 2. The van der Waals surface area contributed by atoms with Crippen LogP contribution in [0.1, 0.15) is 44.4 Å². The van der Waals surface area contributed by atoms with Gasteiger partial charge in [-0.1, -0.05) is 6.07 Å². The molecule has 2 N–H and O–H groups in total. The topological polar surface area (TPSA) is 49.7 Å². The van der Waals surface area contributed by atoms with E-state index in [1.54, 1.807) is 20.8 Å². The van der Waals surface area contributed by atoms with E-state index in [-0.39, 0.29) is 0 Å². The molecule has 96 valence electrons. The van der Waals surface area contributed by atoms with E-state index in [0.717, 1.165) is 16.9 Å². The molecular weight excluding hydrogens is 216 g/mol. The zero-order chi connectivity index (χ0) is 13.1. The Morgan fingerprint density at radius 1 is 1.35 bits per heavy atom. The van der Waals surface area contributed by atoms with Crippen LogP contribution in [0.25, 0.3) is 0 Å². The lowest BCUT2D eigenvalue weighted by molar-refractivity contribution is 0.0552. The number of aliphatic hydroxyl groups is 2. The Hall–Kier alpha value is -1.06. The summed E-state index contributed by atoms with van der Waals surface area (Å²) >= 11 is 0. The first-order chi connectivity index (χ1) is 7.79. The average molecular weight is 238 g/mol. The predicted molar refractivity (Wildman–Crippen MR) is 68.2 cm³/mol. The number of rotatable bonds is 5. The van der Waals surface area contributed by atoms with Crippen LogP contribution in [0.4, 0.5) is 0 Å². The van der Waals surface area contributed by atoms with Gasteiger partial charge < -0.3 is 14.9 Å². The highest BCUT2D eigenvalue weighted by Gasteiger charge is 2.12. The summed E-state index contributed by atoms with van der Waals surface area (Å²) in [6, 6.07) is 5.64. The Bertz CT molecular complexity index is 364. The lowest BCUT2D eigenvalue weighted by Crippen LogP contribution is -2.21. The van der Waals surface area contributed by atoms with Gasteiger partial charge in [-0.15, -0.1) is 0 Å². The first-order valence-corrected chi connectivity index (χ1v) is 5.93. The summed E-state index contributed by atoms with van der Waals surface area (Å²) in [6.07, 6.45) is 0.129. The molecule has 0 amide bonds. The van der Waals surface area contributed by atoms with E-state index in [2.05, 4.69) is 0 Å². The van der Waals surface area contributed by atoms with Gasteiger partial charge in [0.25, 0.3) is 0 Å². The van der Waals surface area contributed by atoms with Crippen LogP contribution in [0.2, 0.25) is 0 Å². The molecule has 0 bridgehead atoms. The summed E-state index contributed by atoms with van der Waals surface area (Å²) in [5, 5.41) is 19.0. The molecule has 1 aromatic rings. The fraction of sp³-hybridized carbons (Fsp3) is 0.571. The van der Waals surface area contributed by atoms with Crippen molar-refractivity contribution in [3.63, 3.8) is 0 Å². The van der Waals surface area contributed by atoms with Crippen molar-refractivity contribution in [1.29, 1.82) is 0 Å². The van der Waals surface area contributed by atoms with E-state index in [1.807, 2.05) is 25.1 Å². The molecule has 1 atom stereocenters. The van der Waals surface area contributed by atoms with Crippen LogP contribution in [0.15, 0.2) is 18.2 Å². The van der Waals surface area contributed by atoms with Gasteiger partial charge in [0.15, 0.2) is 0 Å². The molecule has 0 aliphatic carbocycles. The molecular formula is C14H22O3. The number of aliphatic hydroxyl groups excluding tert-OH is 1. The van der Waals surface area contributed by atoms with Crippen molar-refractivity contribution in [1.82, 2.24) is 0 Å². The molecule has 0 radical (unpaired) electrons. The maximum absolute atomic E-state index is 9.57. The van der Waals surface area contributed by atoms with Gasteiger partial charge in [0.2, 0.25) is 0 Å². The minimum atomic E-state index is -0.701. The largest absolute Gasteiger partial charge is 0.493 e. The van der Waals surface area contributed by atoms with Crippen LogP contribution in [-0.2, 0) is 0 Å². The van der Waals surface area contributed by atoms with Crippen molar-refractivity contribution in [2.45, 2.75) is 45.8 Å². The molecule has 0 aliphatic rings. The molecule has 0 saturated carbocycles. The molecule has 3 nitrogen and oxygen atoms in total. The molecule has 17 heavy (non-hydrogen) atoms. The number of aryl methyl sites for hydroxylation is 1. The maximum Gasteiger partial charge on any atom is 0.122 e. The molecule has 3 heteroatoms. The van der Waals surface area contributed by atoms with Gasteiger partial charge >= 0.3 is 0 Å². The van der Waals surface area contributed by atoms with Gasteiger partial charge in [-0.2, -0.15) is 0 Å². The quantitative estimate of drug-likeness (QED) is 0.829. The second-order valence-electron chi connectivity index (χ2n) is 5.11. The van der Waals surface area contributed by atoms with E-state index in [1.165, 1.54) is 0 Å². The standard InChI is InChI=1S/C14H22O3/c1-10-9-12(11(2)15)5-6-13(10)17-8-7-14(3,4)16/h5-6,9,11,15-16H,7-8H2,1-4H3. The third-order valence-electron chi connectivity index (χ3n) is 2.65. The molecule has 0 spiro atoms. The van der Waals surface area contributed by atoms with Crippen molar-refractivity contribution in [2.75, 3.05) is 6.61 Å². The summed E-state index contributed by atoms with van der Waals surface area (Å²) in [4.78, 5) is 0. The third-order valence-corrected chi connectivity index (χ3v) is 2.65. The minimum absolute atomic E-state index is 0.459. The number of ether oxygens (including phenoxy) is 1. The second kappa shape index (κ2) is 5.52. The first kappa shape index (κ1) is 14.0. The number of benzene rings is 1. The van der Waals surface area contributed by atoms with Crippen LogP contribution < -0.4 is 4.74 Å². The predicted octanol–water partition coefficient (Wildman–Crippen LogP) is 2.59. The van der Waals surface area contributed by atoms with Gasteiger partial charge in [-0.05, 0) is 51.0 Å². The van der Waals surface area contributed by atoms with E-state index >= 15 is 0 Å². The highest BCUT2D eigenvalue weighted by Crippen LogP contribution is 2.23. The van der Waals surface area contributed by atoms with Crippen LogP contribution in [-0.4, -0.2) is 22.4 Å². The highest BCUT2D eigenvalue weighted by atomic mass is 16.5. The lowest BCUT2D eigenvalue weighted by atomic mass is 10.1. The molecule has 0 aliphatic heterocycles. The van der Waals surface area contributed by atoms with Gasteiger partial charge in [-0.3, -0.25) is 0 Å². The highest BCUT2D eigenvalue weighted by molar-refractivity contribution is 5.36. The Balaban J connectivity index is 2.61. The summed E-state index contributed by atoms with van der Waals surface area (Å²) in [5.74, 6) is 0.804. The van der Waals surface area contributed by atoms with Crippen molar-refractivity contribution in [3.05, 3.63) is 29.3 Å². The summed E-state index contributed by atoms with van der Waals surface area (Å²) < 4.78 is 5.61. The number of hydrogen-bond acceptors (Lipinski definition) is 3. The molecule has 0 heterocycles. The SMILES string of the molecule is Cc1cc(C(C)O)ccc1OCCC(C)(C)O. The Labute approximate surface area is 103 Å². The van der Waals surface area contributed by atoms with Gasteiger partial charge in [0.1, 0.15) is 5.75 Å². The summed E-state index contributed by atoms with van der Waals surface area (Å²) in [5.41, 5.74) is 1.18. The normalized spacial score (nSPS) is 13.5. The fourth-order valence-electron chi connectivity index (χ4n) is 1.51. The third kappa shape index (κ3) is 4.75. The molecule has 1 aromatic carbocycles. The monoisotopic (exact) mass is 238 g/mol. The van der Waals surface area contributed by atoms with Crippen LogP contribution in [0.3, 0.4) is 0 Å². The molecule has 0 fully saturated rings.